The van der Waals surface area contributed by atoms with Crippen molar-refractivity contribution in [3.63, 3.8) is 0 Å². The van der Waals surface area contributed by atoms with Crippen molar-refractivity contribution in [2.24, 2.45) is 0 Å². The summed E-state index contributed by atoms with van der Waals surface area (Å²) in [4.78, 5) is 3.83. The van der Waals surface area contributed by atoms with Gasteiger partial charge in [-0.25, -0.2) is 8.42 Å². The number of aromatic nitrogens is 1. The van der Waals surface area contributed by atoms with Crippen LogP contribution in [0.15, 0.2) is 47.6 Å². The average molecular weight is 264 g/mol. The molecule has 0 unspecified atom stereocenters. The first-order valence-electron chi connectivity index (χ1n) is 5.21. The van der Waals surface area contributed by atoms with Gasteiger partial charge in [0.1, 0.15) is 10.6 Å². The number of sulfonamides is 1. The van der Waals surface area contributed by atoms with Crippen LogP contribution in [0.3, 0.4) is 0 Å². The summed E-state index contributed by atoms with van der Waals surface area (Å²) in [5.74, 6) is 0.0430. The Kier molecular flexibility index (Phi) is 3.20. The van der Waals surface area contributed by atoms with Crippen LogP contribution in [0.5, 0.6) is 5.75 Å². The van der Waals surface area contributed by atoms with Crippen LogP contribution in [0.2, 0.25) is 0 Å². The summed E-state index contributed by atoms with van der Waals surface area (Å²) in [5, 5.41) is 9.52. The lowest BCUT2D eigenvalue weighted by Gasteiger charge is -2.08. The van der Waals surface area contributed by atoms with Gasteiger partial charge >= 0.3 is 0 Å². The summed E-state index contributed by atoms with van der Waals surface area (Å²) in [7, 11) is -3.67. The van der Waals surface area contributed by atoms with E-state index in [9.17, 15) is 13.5 Å². The number of pyridine rings is 1. The number of phenols is 1. The summed E-state index contributed by atoms with van der Waals surface area (Å²) in [6.07, 6.45) is 2.76. The van der Waals surface area contributed by atoms with Crippen LogP contribution in [-0.2, 0) is 10.0 Å². The Morgan fingerprint density at radius 3 is 2.67 bits per heavy atom. The average Bonchev–Trinajstić information content (AvgIpc) is 2.35. The molecule has 2 N–H and O–H groups in total. The molecule has 0 fully saturated rings. The number of benzene rings is 1. The molecule has 1 aromatic heterocycles. The van der Waals surface area contributed by atoms with Gasteiger partial charge in [-0.05, 0) is 30.7 Å². The van der Waals surface area contributed by atoms with E-state index in [1.54, 1.807) is 25.1 Å². The van der Waals surface area contributed by atoms with E-state index in [1.165, 1.54) is 24.5 Å². The standard InChI is InChI=1S/C12H12N2O3S/c1-9-4-5-10(7-12(9)15)14-18(16,17)11-3-2-6-13-8-11/h2-8,14-15H,1H3. The maximum absolute atomic E-state index is 12.0. The maximum Gasteiger partial charge on any atom is 0.263 e. The molecular weight excluding hydrogens is 252 g/mol. The summed E-state index contributed by atoms with van der Waals surface area (Å²) in [6.45, 7) is 1.73. The third-order valence-electron chi connectivity index (χ3n) is 2.41. The third kappa shape index (κ3) is 2.60. The minimum Gasteiger partial charge on any atom is -0.508 e. The zero-order valence-corrected chi connectivity index (χ0v) is 10.5. The van der Waals surface area contributed by atoms with E-state index in [4.69, 9.17) is 0 Å². The van der Waals surface area contributed by atoms with Crippen molar-refractivity contribution in [3.05, 3.63) is 48.3 Å². The topological polar surface area (TPSA) is 79.3 Å². The van der Waals surface area contributed by atoms with Crippen LogP contribution >= 0.6 is 0 Å². The minimum absolute atomic E-state index is 0.0430. The molecular formula is C12H12N2O3S. The fourth-order valence-corrected chi connectivity index (χ4v) is 2.41. The number of aromatic hydroxyl groups is 1. The third-order valence-corrected chi connectivity index (χ3v) is 3.77. The van der Waals surface area contributed by atoms with Gasteiger partial charge in [-0.3, -0.25) is 9.71 Å². The van der Waals surface area contributed by atoms with Crippen LogP contribution < -0.4 is 4.72 Å². The lowest BCUT2D eigenvalue weighted by atomic mass is 10.2. The minimum atomic E-state index is -3.67. The summed E-state index contributed by atoms with van der Waals surface area (Å²) >= 11 is 0. The number of aryl methyl sites for hydroxylation is 1. The van der Waals surface area contributed by atoms with Gasteiger partial charge in [-0.2, -0.15) is 0 Å². The number of hydrogen-bond acceptors (Lipinski definition) is 4. The first-order valence-corrected chi connectivity index (χ1v) is 6.70. The second-order valence-corrected chi connectivity index (χ2v) is 5.48. The highest BCUT2D eigenvalue weighted by Crippen LogP contribution is 2.22. The second-order valence-electron chi connectivity index (χ2n) is 3.80. The van der Waals surface area contributed by atoms with Crippen LogP contribution in [0.1, 0.15) is 5.56 Å². The molecule has 1 heterocycles. The summed E-state index contributed by atoms with van der Waals surface area (Å²) in [5.41, 5.74) is 0.987. The highest BCUT2D eigenvalue weighted by atomic mass is 32.2. The molecule has 94 valence electrons. The Bertz CT molecular complexity index is 654. The predicted molar refractivity (Wildman–Crippen MR) is 67.9 cm³/mol. The number of nitrogens with one attached hydrogen (secondary N) is 1. The van der Waals surface area contributed by atoms with Crippen molar-refractivity contribution < 1.29 is 13.5 Å². The van der Waals surface area contributed by atoms with Gasteiger partial charge < -0.3 is 5.11 Å². The van der Waals surface area contributed by atoms with Gasteiger partial charge in [0.05, 0.1) is 5.69 Å². The van der Waals surface area contributed by atoms with Crippen molar-refractivity contribution in [1.82, 2.24) is 4.98 Å². The van der Waals surface area contributed by atoms with Crippen LogP contribution in [0.4, 0.5) is 5.69 Å². The zero-order chi connectivity index (χ0) is 13.2. The van der Waals surface area contributed by atoms with Crippen molar-refractivity contribution in [1.29, 1.82) is 0 Å². The molecule has 0 aliphatic rings. The fraction of sp³-hybridized carbons (Fsp3) is 0.0833. The fourth-order valence-electron chi connectivity index (χ4n) is 1.39. The number of nitrogens with zero attached hydrogens (tertiary/aromatic N) is 1. The number of rotatable bonds is 3. The van der Waals surface area contributed by atoms with E-state index in [1.807, 2.05) is 0 Å². The molecule has 0 bridgehead atoms. The molecule has 0 saturated heterocycles. The van der Waals surface area contributed by atoms with E-state index in [0.717, 1.165) is 0 Å². The highest BCUT2D eigenvalue weighted by molar-refractivity contribution is 7.92. The quantitative estimate of drug-likeness (QED) is 0.887. The predicted octanol–water partition coefficient (Wildman–Crippen LogP) is 1.90. The molecule has 0 aliphatic carbocycles. The number of phenolic OH excluding ortho intramolecular Hbond substituents is 1. The summed E-state index contributed by atoms with van der Waals surface area (Å²) in [6, 6.07) is 7.58. The van der Waals surface area contributed by atoms with Gasteiger partial charge in [0.2, 0.25) is 0 Å². The molecule has 6 heteroatoms. The Morgan fingerprint density at radius 1 is 1.28 bits per heavy atom. The SMILES string of the molecule is Cc1ccc(NS(=O)(=O)c2cccnc2)cc1O. The highest BCUT2D eigenvalue weighted by Gasteiger charge is 2.14. The first kappa shape index (κ1) is 12.4. The molecule has 1 aromatic carbocycles. The smallest absolute Gasteiger partial charge is 0.263 e. The number of anilines is 1. The lowest BCUT2D eigenvalue weighted by Crippen LogP contribution is -2.13. The van der Waals surface area contributed by atoms with Crippen molar-refractivity contribution in [3.8, 4) is 5.75 Å². The molecule has 0 spiro atoms. The van der Waals surface area contributed by atoms with Gasteiger partial charge in [0.15, 0.2) is 0 Å². The molecule has 18 heavy (non-hydrogen) atoms. The number of hydrogen-bond donors (Lipinski definition) is 2. The molecule has 2 rings (SSSR count). The Balaban J connectivity index is 2.31. The second kappa shape index (κ2) is 4.66. The molecule has 0 saturated carbocycles. The lowest BCUT2D eigenvalue weighted by molar-refractivity contribution is 0.471. The van der Waals surface area contributed by atoms with Gasteiger partial charge in [-0.1, -0.05) is 6.07 Å². The van der Waals surface area contributed by atoms with Crippen LogP contribution in [-0.4, -0.2) is 18.5 Å². The van der Waals surface area contributed by atoms with E-state index >= 15 is 0 Å². The Labute approximate surface area is 105 Å². The van der Waals surface area contributed by atoms with Crippen molar-refractivity contribution in [2.45, 2.75) is 11.8 Å². The maximum atomic E-state index is 12.0. The van der Waals surface area contributed by atoms with E-state index < -0.39 is 10.0 Å². The first-order chi connectivity index (χ1) is 8.49. The monoisotopic (exact) mass is 264 g/mol. The molecule has 0 amide bonds. The van der Waals surface area contributed by atoms with E-state index in [2.05, 4.69) is 9.71 Å². The van der Waals surface area contributed by atoms with Gasteiger partial charge in [0, 0.05) is 18.5 Å². The van der Waals surface area contributed by atoms with Crippen LogP contribution in [0.25, 0.3) is 0 Å². The zero-order valence-electron chi connectivity index (χ0n) is 9.66. The molecule has 5 nitrogen and oxygen atoms in total. The van der Waals surface area contributed by atoms with E-state index in [-0.39, 0.29) is 10.6 Å². The van der Waals surface area contributed by atoms with E-state index in [0.29, 0.717) is 11.3 Å². The Morgan fingerprint density at radius 2 is 2.06 bits per heavy atom. The van der Waals surface area contributed by atoms with Crippen molar-refractivity contribution >= 4 is 15.7 Å². The molecule has 0 atom stereocenters. The Hall–Kier alpha value is -2.08. The van der Waals surface area contributed by atoms with Gasteiger partial charge in [0.25, 0.3) is 10.0 Å². The summed E-state index contributed by atoms with van der Waals surface area (Å²) < 4.78 is 26.3. The van der Waals surface area contributed by atoms with Crippen LogP contribution in [0, 0.1) is 6.92 Å². The molecule has 0 radical (unpaired) electrons. The normalized spacial score (nSPS) is 11.2. The van der Waals surface area contributed by atoms with Crippen molar-refractivity contribution in [2.75, 3.05) is 4.72 Å². The van der Waals surface area contributed by atoms with Gasteiger partial charge in [-0.15, -0.1) is 0 Å². The molecule has 0 aliphatic heterocycles. The largest absolute Gasteiger partial charge is 0.508 e. The molecule has 2 aromatic rings.